The third-order valence-corrected chi connectivity index (χ3v) is 4.19. The summed E-state index contributed by atoms with van der Waals surface area (Å²) < 4.78 is 13.9. The summed E-state index contributed by atoms with van der Waals surface area (Å²) in [6.45, 7) is 4.73. The normalized spacial score (nSPS) is 11.0. The Balaban J connectivity index is 1.91. The number of halogens is 1. The van der Waals surface area contributed by atoms with Crippen LogP contribution in [-0.2, 0) is 6.54 Å². The van der Waals surface area contributed by atoms with Crippen LogP contribution in [0.2, 0.25) is 0 Å². The molecule has 0 spiro atoms. The average molecular weight is 367 g/mol. The Morgan fingerprint density at radius 3 is 2.59 bits per heavy atom. The van der Waals surface area contributed by atoms with Crippen LogP contribution in [0.3, 0.4) is 0 Å². The smallest absolute Gasteiger partial charge is 0.322 e. The molecule has 1 aromatic heterocycles. The molecule has 0 radical (unpaired) electrons. The summed E-state index contributed by atoms with van der Waals surface area (Å²) >= 11 is 0. The van der Waals surface area contributed by atoms with Crippen molar-refractivity contribution in [1.29, 1.82) is 0 Å². The highest BCUT2D eigenvalue weighted by atomic mass is 19.1. The Hall–Kier alpha value is -3.15. The lowest BCUT2D eigenvalue weighted by Gasteiger charge is -2.25. The zero-order chi connectivity index (χ0) is 19.4. The Bertz CT molecular complexity index is 1010. The van der Waals surface area contributed by atoms with Gasteiger partial charge in [0.2, 0.25) is 5.56 Å². The van der Waals surface area contributed by atoms with E-state index in [-0.39, 0.29) is 23.7 Å². The second-order valence-electron chi connectivity index (χ2n) is 6.89. The van der Waals surface area contributed by atoms with Crippen molar-refractivity contribution in [3.63, 3.8) is 0 Å². The molecule has 140 valence electrons. The minimum absolute atomic E-state index is 0.132. The van der Waals surface area contributed by atoms with Gasteiger partial charge >= 0.3 is 6.03 Å². The fourth-order valence-electron chi connectivity index (χ4n) is 3.03. The highest BCUT2D eigenvalue weighted by molar-refractivity contribution is 5.90. The van der Waals surface area contributed by atoms with E-state index in [1.807, 2.05) is 38.1 Å². The number of fused-ring (bicyclic) bond motifs is 1. The van der Waals surface area contributed by atoms with Crippen molar-refractivity contribution >= 4 is 22.6 Å². The van der Waals surface area contributed by atoms with Crippen LogP contribution in [0.4, 0.5) is 14.9 Å². The molecule has 2 N–H and O–H groups in total. The predicted octanol–water partition coefficient (Wildman–Crippen LogP) is 4.36. The standard InChI is InChI=1S/C21H22FN3O2/c1-14(2)12-25(21(27)24-19-10-6-4-8-17(19)22)13-15-11-20(26)23-18-9-5-3-7-16(15)18/h3-11,14H,12-13H2,1-2H3,(H,23,26)(H,24,27). The lowest BCUT2D eigenvalue weighted by Crippen LogP contribution is -2.37. The van der Waals surface area contributed by atoms with Gasteiger partial charge in [-0.25, -0.2) is 9.18 Å². The van der Waals surface area contributed by atoms with Crippen molar-refractivity contribution in [2.45, 2.75) is 20.4 Å². The fourth-order valence-corrected chi connectivity index (χ4v) is 3.03. The van der Waals surface area contributed by atoms with Crippen LogP contribution in [0.15, 0.2) is 59.4 Å². The summed E-state index contributed by atoms with van der Waals surface area (Å²) in [5, 5.41) is 3.50. The van der Waals surface area contributed by atoms with Gasteiger partial charge in [-0.2, -0.15) is 0 Å². The van der Waals surface area contributed by atoms with Gasteiger partial charge in [0.1, 0.15) is 5.82 Å². The zero-order valence-electron chi connectivity index (χ0n) is 15.3. The number of benzene rings is 2. The van der Waals surface area contributed by atoms with Gasteiger partial charge in [0.15, 0.2) is 0 Å². The monoisotopic (exact) mass is 367 g/mol. The molecule has 27 heavy (non-hydrogen) atoms. The van der Waals surface area contributed by atoms with Gasteiger partial charge in [0.25, 0.3) is 0 Å². The van der Waals surface area contributed by atoms with E-state index in [2.05, 4.69) is 10.3 Å². The van der Waals surface area contributed by atoms with Crippen molar-refractivity contribution in [1.82, 2.24) is 9.88 Å². The number of urea groups is 1. The lowest BCUT2D eigenvalue weighted by molar-refractivity contribution is 0.201. The summed E-state index contributed by atoms with van der Waals surface area (Å²) in [4.78, 5) is 29.2. The number of carbonyl (C=O) groups excluding carboxylic acids is 1. The number of nitrogens with zero attached hydrogens (tertiary/aromatic N) is 1. The molecule has 0 fully saturated rings. The number of anilines is 1. The predicted molar refractivity (Wildman–Crippen MR) is 105 cm³/mol. The van der Waals surface area contributed by atoms with Crippen LogP contribution in [0, 0.1) is 11.7 Å². The molecule has 6 heteroatoms. The van der Waals surface area contributed by atoms with E-state index in [1.165, 1.54) is 18.2 Å². The van der Waals surface area contributed by atoms with E-state index in [9.17, 15) is 14.0 Å². The highest BCUT2D eigenvalue weighted by Crippen LogP contribution is 2.19. The van der Waals surface area contributed by atoms with Crippen molar-refractivity contribution < 1.29 is 9.18 Å². The largest absolute Gasteiger partial charge is 0.322 e. The molecule has 0 atom stereocenters. The van der Waals surface area contributed by atoms with Gasteiger partial charge in [0, 0.05) is 30.1 Å². The van der Waals surface area contributed by atoms with Gasteiger partial charge in [-0.1, -0.05) is 44.2 Å². The number of hydrogen-bond acceptors (Lipinski definition) is 2. The van der Waals surface area contributed by atoms with Crippen LogP contribution in [0.25, 0.3) is 10.9 Å². The van der Waals surface area contributed by atoms with Gasteiger partial charge in [-0.05, 0) is 29.7 Å². The molecular formula is C21H22FN3O2. The van der Waals surface area contributed by atoms with Gasteiger partial charge < -0.3 is 15.2 Å². The molecule has 3 aromatic rings. The van der Waals surface area contributed by atoms with E-state index in [4.69, 9.17) is 0 Å². The number of hydrogen-bond donors (Lipinski definition) is 2. The molecule has 0 unspecified atom stereocenters. The van der Waals surface area contributed by atoms with Crippen LogP contribution >= 0.6 is 0 Å². The minimum Gasteiger partial charge on any atom is -0.322 e. The molecule has 0 aliphatic rings. The van der Waals surface area contributed by atoms with Crippen molar-refractivity contribution in [2.75, 3.05) is 11.9 Å². The molecule has 2 aromatic carbocycles. The first kappa shape index (κ1) is 18.6. The molecule has 0 saturated heterocycles. The van der Waals surface area contributed by atoms with E-state index >= 15 is 0 Å². The summed E-state index contributed by atoms with van der Waals surface area (Å²) in [6.07, 6.45) is 0. The molecular weight excluding hydrogens is 345 g/mol. The first-order valence-electron chi connectivity index (χ1n) is 8.85. The van der Waals surface area contributed by atoms with Gasteiger partial charge in [-0.15, -0.1) is 0 Å². The van der Waals surface area contributed by atoms with Crippen molar-refractivity contribution in [3.05, 3.63) is 76.3 Å². The van der Waals surface area contributed by atoms with Crippen molar-refractivity contribution in [2.24, 2.45) is 5.92 Å². The SMILES string of the molecule is CC(C)CN(Cc1cc(=O)[nH]c2ccccc12)C(=O)Nc1ccccc1F. The quantitative estimate of drug-likeness (QED) is 0.704. The Morgan fingerprint density at radius 2 is 1.85 bits per heavy atom. The number of carbonyl (C=O) groups is 1. The number of rotatable bonds is 5. The minimum atomic E-state index is -0.489. The number of pyridine rings is 1. The molecule has 0 aliphatic carbocycles. The number of amides is 2. The second kappa shape index (κ2) is 8.03. The topological polar surface area (TPSA) is 65.2 Å². The summed E-state index contributed by atoms with van der Waals surface area (Å²) in [7, 11) is 0. The van der Waals surface area contributed by atoms with Crippen LogP contribution in [0.5, 0.6) is 0 Å². The van der Waals surface area contributed by atoms with Crippen LogP contribution in [-0.4, -0.2) is 22.5 Å². The van der Waals surface area contributed by atoms with E-state index in [0.29, 0.717) is 6.54 Å². The lowest BCUT2D eigenvalue weighted by atomic mass is 10.1. The number of para-hydroxylation sites is 2. The summed E-state index contributed by atoms with van der Waals surface area (Å²) in [6, 6.07) is 14.6. The third-order valence-electron chi connectivity index (χ3n) is 4.19. The summed E-state index contributed by atoms with van der Waals surface area (Å²) in [5.41, 5.74) is 1.38. The Morgan fingerprint density at radius 1 is 1.15 bits per heavy atom. The van der Waals surface area contributed by atoms with Gasteiger partial charge in [-0.3, -0.25) is 4.79 Å². The Labute approximate surface area is 156 Å². The Kier molecular flexibility index (Phi) is 5.54. The first-order valence-corrected chi connectivity index (χ1v) is 8.85. The number of nitrogens with one attached hydrogen (secondary N) is 2. The van der Waals surface area contributed by atoms with E-state index in [1.54, 1.807) is 17.0 Å². The molecule has 2 amide bonds. The molecule has 1 heterocycles. The van der Waals surface area contributed by atoms with Gasteiger partial charge in [0.05, 0.1) is 5.69 Å². The van der Waals surface area contributed by atoms with E-state index in [0.717, 1.165) is 16.5 Å². The third kappa shape index (κ3) is 4.53. The fraction of sp³-hybridized carbons (Fsp3) is 0.238. The maximum absolute atomic E-state index is 13.9. The summed E-state index contributed by atoms with van der Waals surface area (Å²) in [5.74, 6) is -0.276. The number of aromatic amines is 1. The molecule has 5 nitrogen and oxygen atoms in total. The molecule has 0 aliphatic heterocycles. The maximum Gasteiger partial charge on any atom is 0.322 e. The van der Waals surface area contributed by atoms with Crippen LogP contribution in [0.1, 0.15) is 19.4 Å². The average Bonchev–Trinajstić information content (AvgIpc) is 2.62. The van der Waals surface area contributed by atoms with Crippen molar-refractivity contribution in [3.8, 4) is 0 Å². The maximum atomic E-state index is 13.9. The molecule has 0 saturated carbocycles. The highest BCUT2D eigenvalue weighted by Gasteiger charge is 2.18. The second-order valence-corrected chi connectivity index (χ2v) is 6.89. The zero-order valence-corrected chi connectivity index (χ0v) is 15.3. The number of aromatic nitrogens is 1. The van der Waals surface area contributed by atoms with Crippen LogP contribution < -0.4 is 10.9 Å². The first-order chi connectivity index (χ1) is 12.9. The van der Waals surface area contributed by atoms with E-state index < -0.39 is 11.8 Å². The number of H-pyrrole nitrogens is 1. The molecule has 3 rings (SSSR count). The molecule has 0 bridgehead atoms.